The number of anilines is 1. The summed E-state index contributed by atoms with van der Waals surface area (Å²) in [5, 5.41) is 2.79. The molecule has 0 aliphatic carbocycles. The van der Waals surface area contributed by atoms with E-state index < -0.39 is 0 Å². The Balaban J connectivity index is 1.26. The number of thioether (sulfide) groups is 1. The molecule has 2 amide bonds. The van der Waals surface area contributed by atoms with E-state index >= 15 is 0 Å². The lowest BCUT2D eigenvalue weighted by Crippen LogP contribution is -2.29. The van der Waals surface area contributed by atoms with Gasteiger partial charge in [0, 0.05) is 20.0 Å². The largest absolute Gasteiger partial charge is 0.497 e. The maximum Gasteiger partial charge on any atom is 0.295 e. The van der Waals surface area contributed by atoms with Gasteiger partial charge in [0.05, 0.1) is 23.4 Å². The first kappa shape index (κ1) is 27.4. The molecule has 8 nitrogen and oxygen atoms in total. The molecule has 1 aromatic heterocycles. The highest BCUT2D eigenvalue weighted by molar-refractivity contribution is 8.26. The Hall–Kier alpha value is -3.63. The molecule has 0 atom stereocenters. The number of nitrogens with one attached hydrogen (secondary N) is 1. The third-order valence-corrected chi connectivity index (χ3v) is 7.77. The number of para-hydroxylation sites is 1. The van der Waals surface area contributed by atoms with Gasteiger partial charge in [-0.3, -0.25) is 24.0 Å². The van der Waals surface area contributed by atoms with Crippen molar-refractivity contribution < 1.29 is 14.3 Å². The monoisotopic (exact) mass is 550 g/mol. The minimum atomic E-state index is -0.262. The molecule has 38 heavy (non-hydrogen) atoms. The molecule has 2 heterocycles. The number of carbonyl (C=O) groups is 2. The quantitative estimate of drug-likeness (QED) is 0.220. The summed E-state index contributed by atoms with van der Waals surface area (Å²) in [6.45, 7) is 2.31. The number of thiocarbonyl (C=S) groups is 1. The molecule has 198 valence electrons. The van der Waals surface area contributed by atoms with Crippen molar-refractivity contribution in [3.8, 4) is 11.4 Å². The fourth-order valence-corrected chi connectivity index (χ4v) is 5.50. The van der Waals surface area contributed by atoms with Crippen molar-refractivity contribution in [1.29, 1.82) is 0 Å². The number of ether oxygens (including phenoxy) is 1. The smallest absolute Gasteiger partial charge is 0.295 e. The lowest BCUT2D eigenvalue weighted by Gasteiger charge is -2.14. The van der Waals surface area contributed by atoms with Crippen molar-refractivity contribution in [3.05, 3.63) is 81.1 Å². The Bertz CT molecular complexity index is 1430. The fourth-order valence-electron chi connectivity index (χ4n) is 4.19. The molecule has 2 aromatic carbocycles. The topological polar surface area (TPSA) is 85.6 Å². The van der Waals surface area contributed by atoms with Gasteiger partial charge in [0.1, 0.15) is 15.8 Å². The van der Waals surface area contributed by atoms with E-state index in [9.17, 15) is 14.4 Å². The summed E-state index contributed by atoms with van der Waals surface area (Å²) in [6.07, 6.45) is 4.24. The zero-order chi connectivity index (χ0) is 27.2. The first-order chi connectivity index (χ1) is 18.3. The van der Waals surface area contributed by atoms with Crippen molar-refractivity contribution in [2.24, 2.45) is 7.05 Å². The van der Waals surface area contributed by atoms with Crippen LogP contribution >= 0.6 is 24.0 Å². The SMILES string of the molecule is COc1ccc(/C=C2\SC(=S)N(CCCCCC(=O)Nc3c(C)n(C)n(-c4ccccc4)c3=O)C2=O)cc1. The average molecular weight is 551 g/mol. The van der Waals surface area contributed by atoms with E-state index in [2.05, 4.69) is 5.32 Å². The lowest BCUT2D eigenvalue weighted by atomic mass is 10.1. The third kappa shape index (κ3) is 6.08. The number of unbranched alkanes of at least 4 members (excludes halogenated alkanes) is 2. The predicted octanol–water partition coefficient (Wildman–Crippen LogP) is 4.89. The highest BCUT2D eigenvalue weighted by Gasteiger charge is 2.31. The van der Waals surface area contributed by atoms with E-state index in [4.69, 9.17) is 17.0 Å². The number of hydrogen-bond acceptors (Lipinski definition) is 6. The van der Waals surface area contributed by atoms with Gasteiger partial charge in [-0.1, -0.05) is 60.7 Å². The zero-order valence-corrected chi connectivity index (χ0v) is 23.2. The minimum absolute atomic E-state index is 0.0946. The van der Waals surface area contributed by atoms with Gasteiger partial charge in [0.15, 0.2) is 0 Å². The van der Waals surface area contributed by atoms with Gasteiger partial charge in [-0.25, -0.2) is 4.68 Å². The van der Waals surface area contributed by atoms with E-state index in [-0.39, 0.29) is 23.8 Å². The Kier molecular flexibility index (Phi) is 8.85. The van der Waals surface area contributed by atoms with Crippen molar-refractivity contribution in [3.63, 3.8) is 0 Å². The van der Waals surface area contributed by atoms with E-state index in [1.165, 1.54) is 16.4 Å². The molecular formula is C28H30N4O4S2. The van der Waals surface area contributed by atoms with Crippen LogP contribution in [-0.2, 0) is 16.6 Å². The van der Waals surface area contributed by atoms with Crippen LogP contribution in [0.15, 0.2) is 64.3 Å². The van der Waals surface area contributed by atoms with Crippen LogP contribution in [0.3, 0.4) is 0 Å². The Morgan fingerprint density at radius 3 is 2.45 bits per heavy atom. The molecule has 10 heteroatoms. The van der Waals surface area contributed by atoms with Crippen LogP contribution < -0.4 is 15.6 Å². The Morgan fingerprint density at radius 2 is 1.76 bits per heavy atom. The number of carbonyl (C=O) groups excluding carboxylic acids is 2. The van der Waals surface area contributed by atoms with Gasteiger partial charge in [-0.05, 0) is 55.7 Å². The molecule has 1 aliphatic heterocycles. The van der Waals surface area contributed by atoms with Crippen LogP contribution in [-0.4, -0.2) is 44.1 Å². The van der Waals surface area contributed by atoms with E-state index in [0.717, 1.165) is 29.8 Å². The van der Waals surface area contributed by atoms with Crippen molar-refractivity contribution in [2.75, 3.05) is 19.0 Å². The Morgan fingerprint density at radius 1 is 1.05 bits per heavy atom. The molecule has 1 saturated heterocycles. The number of nitrogens with zero attached hydrogens (tertiary/aromatic N) is 3. The second kappa shape index (κ2) is 12.3. The molecule has 0 saturated carbocycles. The molecule has 0 bridgehead atoms. The molecular weight excluding hydrogens is 520 g/mol. The van der Waals surface area contributed by atoms with Crippen LogP contribution in [0.2, 0.25) is 0 Å². The van der Waals surface area contributed by atoms with Gasteiger partial charge in [0.2, 0.25) is 5.91 Å². The van der Waals surface area contributed by atoms with Gasteiger partial charge in [0.25, 0.3) is 11.5 Å². The van der Waals surface area contributed by atoms with Crippen LogP contribution in [0.25, 0.3) is 11.8 Å². The summed E-state index contributed by atoms with van der Waals surface area (Å²) in [7, 11) is 3.40. The zero-order valence-electron chi connectivity index (χ0n) is 21.6. The summed E-state index contributed by atoms with van der Waals surface area (Å²) in [6, 6.07) is 16.8. The normalized spacial score (nSPS) is 14.4. The average Bonchev–Trinajstić information content (AvgIpc) is 3.30. The fraction of sp³-hybridized carbons (Fsp3) is 0.286. The summed E-state index contributed by atoms with van der Waals surface area (Å²) in [5.74, 6) is 0.457. The lowest BCUT2D eigenvalue weighted by molar-refractivity contribution is -0.122. The van der Waals surface area contributed by atoms with Crippen LogP contribution in [0.5, 0.6) is 5.75 Å². The van der Waals surface area contributed by atoms with Crippen molar-refractivity contribution in [1.82, 2.24) is 14.3 Å². The van der Waals surface area contributed by atoms with Gasteiger partial charge in [-0.2, -0.15) is 0 Å². The van der Waals surface area contributed by atoms with Crippen LogP contribution in [0, 0.1) is 6.92 Å². The molecule has 3 aromatic rings. The summed E-state index contributed by atoms with van der Waals surface area (Å²) in [4.78, 5) is 40.6. The third-order valence-electron chi connectivity index (χ3n) is 6.39. The minimum Gasteiger partial charge on any atom is -0.497 e. The summed E-state index contributed by atoms with van der Waals surface area (Å²) in [5.41, 5.74) is 2.35. The molecule has 1 aliphatic rings. The van der Waals surface area contributed by atoms with Crippen molar-refractivity contribution in [2.45, 2.75) is 32.6 Å². The Labute approximate surface area is 231 Å². The first-order valence-electron chi connectivity index (χ1n) is 12.3. The molecule has 0 spiro atoms. The summed E-state index contributed by atoms with van der Waals surface area (Å²) < 4.78 is 8.99. The number of amides is 2. The molecule has 4 rings (SSSR count). The van der Waals surface area contributed by atoms with E-state index in [0.29, 0.717) is 33.6 Å². The number of methoxy groups -OCH3 is 1. The second-order valence-corrected chi connectivity index (χ2v) is 10.6. The molecule has 0 unspecified atom stereocenters. The summed E-state index contributed by atoms with van der Waals surface area (Å²) >= 11 is 6.73. The second-order valence-electron chi connectivity index (χ2n) is 8.90. The maximum atomic E-state index is 13.0. The van der Waals surface area contributed by atoms with E-state index in [1.54, 1.807) is 23.7 Å². The van der Waals surface area contributed by atoms with E-state index in [1.807, 2.05) is 67.6 Å². The van der Waals surface area contributed by atoms with Crippen LogP contribution in [0.1, 0.15) is 36.9 Å². The van der Waals surface area contributed by atoms with Gasteiger partial charge in [-0.15, -0.1) is 0 Å². The predicted molar refractivity (Wildman–Crippen MR) is 156 cm³/mol. The highest BCUT2D eigenvalue weighted by Crippen LogP contribution is 2.33. The number of aromatic nitrogens is 2. The molecule has 0 radical (unpaired) electrons. The first-order valence-corrected chi connectivity index (χ1v) is 13.6. The standard InChI is InChI=1S/C28H30N4O4S2/c1-19-25(27(35)32(30(19)2)21-10-6-4-7-11-21)29-24(33)12-8-5-9-17-31-26(34)23(38-28(31)37)18-20-13-15-22(36-3)16-14-20/h4,6-7,10-11,13-16,18H,5,8-9,12,17H2,1-3H3,(H,29,33)/b23-18-. The molecule has 1 fully saturated rings. The number of hydrogen-bond donors (Lipinski definition) is 1. The maximum absolute atomic E-state index is 13.0. The van der Waals surface area contributed by atoms with Gasteiger partial charge >= 0.3 is 0 Å². The van der Waals surface area contributed by atoms with Crippen LogP contribution in [0.4, 0.5) is 5.69 Å². The van der Waals surface area contributed by atoms with Crippen molar-refractivity contribution >= 4 is 51.9 Å². The molecule has 1 N–H and O–H groups in total. The number of rotatable bonds is 10. The highest BCUT2D eigenvalue weighted by atomic mass is 32.2. The van der Waals surface area contributed by atoms with Gasteiger partial charge < -0.3 is 10.1 Å². The number of benzene rings is 2.